The molecule has 0 unspecified atom stereocenters. The summed E-state index contributed by atoms with van der Waals surface area (Å²) in [5.41, 5.74) is 5.39. The summed E-state index contributed by atoms with van der Waals surface area (Å²) in [6.07, 6.45) is 2.86. The molecule has 1 saturated heterocycles. The largest absolute Gasteiger partial charge is 0.379 e. The molecular formula is C27H31N5O2S2. The van der Waals surface area contributed by atoms with Crippen LogP contribution in [0.15, 0.2) is 35.5 Å². The van der Waals surface area contributed by atoms with E-state index < -0.39 is 0 Å². The van der Waals surface area contributed by atoms with Crippen LogP contribution < -0.4 is 5.32 Å². The molecule has 9 heteroatoms. The monoisotopic (exact) mass is 521 g/mol. The molecule has 1 fully saturated rings. The minimum atomic E-state index is -0.238. The van der Waals surface area contributed by atoms with Crippen molar-refractivity contribution >= 4 is 49.3 Å². The Morgan fingerprint density at radius 2 is 1.89 bits per heavy atom. The summed E-state index contributed by atoms with van der Waals surface area (Å²) in [4.78, 5) is 18.5. The molecule has 2 aliphatic rings. The van der Waals surface area contributed by atoms with E-state index >= 15 is 0 Å². The minimum absolute atomic E-state index is 0.238. The molecule has 0 bridgehead atoms. The highest BCUT2D eigenvalue weighted by Gasteiger charge is 2.32. The second-order valence-electron chi connectivity index (χ2n) is 9.91. The first-order valence-corrected chi connectivity index (χ1v) is 14.5. The number of anilines is 1. The summed E-state index contributed by atoms with van der Waals surface area (Å²) >= 11 is 3.27. The van der Waals surface area contributed by atoms with E-state index in [-0.39, 0.29) is 5.60 Å². The lowest BCUT2D eigenvalue weighted by Crippen LogP contribution is -2.39. The summed E-state index contributed by atoms with van der Waals surface area (Å²) in [6.45, 7) is 10.3. The minimum Gasteiger partial charge on any atom is -0.379 e. The zero-order chi connectivity index (χ0) is 24.7. The van der Waals surface area contributed by atoms with Crippen LogP contribution in [0.1, 0.15) is 25.0 Å². The number of rotatable bonds is 6. The normalized spacial score (nSPS) is 18.0. The third-order valence-corrected chi connectivity index (χ3v) is 8.55. The number of hydrogen-bond acceptors (Lipinski definition) is 9. The maximum atomic E-state index is 6.27. The van der Waals surface area contributed by atoms with E-state index in [1.807, 2.05) is 12.3 Å². The van der Waals surface area contributed by atoms with E-state index in [9.17, 15) is 0 Å². The highest BCUT2D eigenvalue weighted by atomic mass is 32.2. The van der Waals surface area contributed by atoms with Gasteiger partial charge in [0.1, 0.15) is 10.6 Å². The molecule has 1 aromatic carbocycles. The van der Waals surface area contributed by atoms with Crippen LogP contribution in [-0.4, -0.2) is 71.1 Å². The lowest BCUT2D eigenvalue weighted by molar-refractivity contribution is -0.0394. The summed E-state index contributed by atoms with van der Waals surface area (Å²) in [7, 11) is 0. The van der Waals surface area contributed by atoms with Gasteiger partial charge >= 0.3 is 0 Å². The fourth-order valence-electron chi connectivity index (χ4n) is 5.06. The lowest BCUT2D eigenvalue weighted by Gasteiger charge is -2.33. The molecule has 7 nitrogen and oxygen atoms in total. The summed E-state index contributed by atoms with van der Waals surface area (Å²) in [5, 5.41) is 5.57. The average molecular weight is 522 g/mol. The van der Waals surface area contributed by atoms with Gasteiger partial charge in [0, 0.05) is 49.1 Å². The quantitative estimate of drug-likeness (QED) is 0.273. The van der Waals surface area contributed by atoms with Gasteiger partial charge in [-0.15, -0.1) is 11.3 Å². The number of benzene rings is 1. The van der Waals surface area contributed by atoms with Crippen molar-refractivity contribution in [1.29, 1.82) is 0 Å². The van der Waals surface area contributed by atoms with Crippen LogP contribution in [0.25, 0.3) is 31.7 Å². The Morgan fingerprint density at radius 1 is 1.08 bits per heavy atom. The molecule has 188 valence electrons. The molecule has 5 heterocycles. The predicted octanol–water partition coefficient (Wildman–Crippen LogP) is 5.22. The van der Waals surface area contributed by atoms with Crippen molar-refractivity contribution in [2.24, 2.45) is 0 Å². The van der Waals surface area contributed by atoms with Gasteiger partial charge in [-0.2, -0.15) is 0 Å². The van der Waals surface area contributed by atoms with E-state index in [0.717, 1.165) is 88.5 Å². The maximum Gasteiger partial charge on any atom is 0.189 e. The smallest absolute Gasteiger partial charge is 0.189 e. The van der Waals surface area contributed by atoms with Crippen LogP contribution in [0.5, 0.6) is 0 Å². The summed E-state index contributed by atoms with van der Waals surface area (Å²) < 4.78 is 12.8. The van der Waals surface area contributed by atoms with Gasteiger partial charge in [0.15, 0.2) is 5.16 Å². The molecule has 1 N–H and O–H groups in total. The third kappa shape index (κ3) is 4.59. The number of thiophene rings is 1. The first-order valence-electron chi connectivity index (χ1n) is 12.5. The van der Waals surface area contributed by atoms with Crippen molar-refractivity contribution < 1.29 is 9.47 Å². The van der Waals surface area contributed by atoms with Crippen LogP contribution in [0, 0.1) is 0 Å². The van der Waals surface area contributed by atoms with Crippen molar-refractivity contribution in [3.05, 3.63) is 41.5 Å². The molecule has 4 aromatic rings. The van der Waals surface area contributed by atoms with Crippen molar-refractivity contribution in [3.8, 4) is 11.3 Å². The van der Waals surface area contributed by atoms with Crippen molar-refractivity contribution in [2.45, 2.75) is 37.6 Å². The molecule has 2 aliphatic heterocycles. The molecule has 6 rings (SSSR count). The van der Waals surface area contributed by atoms with Crippen molar-refractivity contribution in [2.75, 3.05) is 51.0 Å². The molecule has 0 amide bonds. The molecule has 0 radical (unpaired) electrons. The summed E-state index contributed by atoms with van der Waals surface area (Å²) in [6, 6.07) is 10.4. The number of pyridine rings is 1. The van der Waals surface area contributed by atoms with Crippen LogP contribution in [0.4, 0.5) is 5.82 Å². The highest BCUT2D eigenvalue weighted by Crippen LogP contribution is 2.44. The Balaban J connectivity index is 1.48. The van der Waals surface area contributed by atoms with Gasteiger partial charge in [-0.05, 0) is 25.7 Å². The number of ether oxygens (including phenoxy) is 2. The van der Waals surface area contributed by atoms with E-state index in [1.54, 1.807) is 23.1 Å². The fraction of sp³-hybridized carbons (Fsp3) is 0.444. The number of aromatic nitrogens is 3. The second kappa shape index (κ2) is 9.87. The van der Waals surface area contributed by atoms with E-state index in [1.165, 1.54) is 11.1 Å². The summed E-state index contributed by atoms with van der Waals surface area (Å²) in [5.74, 6) is 0.905. The van der Waals surface area contributed by atoms with Crippen molar-refractivity contribution in [3.63, 3.8) is 0 Å². The van der Waals surface area contributed by atoms with E-state index in [0.29, 0.717) is 6.61 Å². The number of nitrogens with one attached hydrogen (secondary N) is 1. The molecule has 0 aliphatic carbocycles. The number of fused-ring (bicyclic) bond motifs is 5. The second-order valence-corrected chi connectivity index (χ2v) is 11.7. The average Bonchev–Trinajstić information content (AvgIpc) is 3.27. The Morgan fingerprint density at radius 3 is 2.67 bits per heavy atom. The maximum absolute atomic E-state index is 6.27. The lowest BCUT2D eigenvalue weighted by atomic mass is 9.88. The molecule has 0 spiro atoms. The van der Waals surface area contributed by atoms with Crippen LogP contribution in [0.2, 0.25) is 0 Å². The van der Waals surface area contributed by atoms with Gasteiger partial charge in [0.25, 0.3) is 0 Å². The Kier molecular flexibility index (Phi) is 6.60. The standard InChI is InChI=1S/C27H31N5O2S2/c1-27(2)15-18-19(16-34-27)21(17-7-5-4-6-8-17)29-25-20(18)22-23(36-25)24(31-26(30-22)35-3)28-9-10-32-11-13-33-14-12-32/h4-8H,9-16H2,1-3H3,(H,28,30,31). The highest BCUT2D eigenvalue weighted by molar-refractivity contribution is 7.98. The van der Waals surface area contributed by atoms with Gasteiger partial charge in [0.05, 0.1) is 41.3 Å². The van der Waals surface area contributed by atoms with Gasteiger partial charge in [-0.3, -0.25) is 4.90 Å². The zero-order valence-corrected chi connectivity index (χ0v) is 22.6. The zero-order valence-electron chi connectivity index (χ0n) is 21.0. The topological polar surface area (TPSA) is 72.4 Å². The van der Waals surface area contributed by atoms with Gasteiger partial charge in [-0.25, -0.2) is 15.0 Å². The number of hydrogen-bond donors (Lipinski definition) is 1. The van der Waals surface area contributed by atoms with E-state index in [4.69, 9.17) is 24.4 Å². The van der Waals surface area contributed by atoms with Crippen LogP contribution in [0.3, 0.4) is 0 Å². The third-order valence-electron chi connectivity index (χ3n) is 6.92. The van der Waals surface area contributed by atoms with Crippen LogP contribution >= 0.6 is 23.1 Å². The fourth-order valence-corrected chi connectivity index (χ4v) is 6.53. The SMILES string of the molecule is CSc1nc(NCCN2CCOCC2)c2sc3nc(-c4ccccc4)c4c(c3c2n1)CC(C)(C)OC4. The van der Waals surface area contributed by atoms with Crippen LogP contribution in [-0.2, 0) is 22.5 Å². The number of thioether (sulfide) groups is 1. The molecule has 36 heavy (non-hydrogen) atoms. The number of morpholine rings is 1. The molecule has 0 atom stereocenters. The van der Waals surface area contributed by atoms with E-state index in [2.05, 4.69) is 48.3 Å². The Labute approximate surface area is 219 Å². The first kappa shape index (κ1) is 24.1. The van der Waals surface area contributed by atoms with Crippen molar-refractivity contribution in [1.82, 2.24) is 19.9 Å². The van der Waals surface area contributed by atoms with Gasteiger partial charge in [0.2, 0.25) is 0 Å². The van der Waals surface area contributed by atoms with Gasteiger partial charge < -0.3 is 14.8 Å². The number of nitrogens with zero attached hydrogens (tertiary/aromatic N) is 4. The Bertz CT molecular complexity index is 1400. The molecule has 0 saturated carbocycles. The Hall–Kier alpha value is -2.30. The van der Waals surface area contributed by atoms with Gasteiger partial charge in [-0.1, -0.05) is 42.1 Å². The molecular weight excluding hydrogens is 490 g/mol. The molecule has 3 aromatic heterocycles. The first-order chi connectivity index (χ1) is 17.5. The predicted molar refractivity (Wildman–Crippen MR) is 148 cm³/mol.